The van der Waals surface area contributed by atoms with Crippen LogP contribution < -0.4 is 0 Å². The van der Waals surface area contributed by atoms with Crippen molar-refractivity contribution in [3.63, 3.8) is 0 Å². The Morgan fingerprint density at radius 1 is 1.39 bits per heavy atom. The normalized spacial score (nSPS) is 33.3. The van der Waals surface area contributed by atoms with Gasteiger partial charge in [-0.3, -0.25) is 9.69 Å². The number of fused-ring (bicyclic) bond motifs is 1. The molecule has 1 amide bonds. The van der Waals surface area contributed by atoms with Crippen molar-refractivity contribution in [2.24, 2.45) is 16.7 Å². The van der Waals surface area contributed by atoms with E-state index in [9.17, 15) is 4.79 Å². The number of nitrogens with zero attached hydrogens (tertiary/aromatic N) is 2. The number of rotatable bonds is 3. The molecular weight excluding hydrogens is 308 g/mol. The molecule has 2 atom stereocenters. The maximum Gasteiger partial charge on any atom is 0.254 e. The molecule has 1 saturated carbocycles. The number of carbonyl (C=O) groups is 1. The van der Waals surface area contributed by atoms with Gasteiger partial charge in [0.1, 0.15) is 0 Å². The van der Waals surface area contributed by atoms with Crippen LogP contribution in [0.5, 0.6) is 0 Å². The minimum absolute atomic E-state index is 0.220. The van der Waals surface area contributed by atoms with Crippen molar-refractivity contribution in [1.82, 2.24) is 9.80 Å². The summed E-state index contributed by atoms with van der Waals surface area (Å²) in [6.07, 6.45) is 1.23. The highest BCUT2D eigenvalue weighted by atomic mass is 32.1. The fourth-order valence-electron chi connectivity index (χ4n) is 5.27. The van der Waals surface area contributed by atoms with E-state index >= 15 is 0 Å². The number of hydrogen-bond donors (Lipinski definition) is 0. The summed E-state index contributed by atoms with van der Waals surface area (Å²) in [7, 11) is 0. The van der Waals surface area contributed by atoms with E-state index in [4.69, 9.17) is 4.74 Å². The summed E-state index contributed by atoms with van der Waals surface area (Å²) in [5.41, 5.74) is 1.51. The van der Waals surface area contributed by atoms with Crippen molar-refractivity contribution >= 4 is 17.2 Å². The van der Waals surface area contributed by atoms with E-state index < -0.39 is 0 Å². The SMILES string of the molecule is CC1(C)C[C@]2(CN3CCOCC3)CN(C(=O)c3ccsc3)C[C@H]12. The molecule has 2 saturated heterocycles. The van der Waals surface area contributed by atoms with E-state index in [1.165, 1.54) is 6.42 Å². The van der Waals surface area contributed by atoms with Crippen LogP contribution in [0.1, 0.15) is 30.6 Å². The fourth-order valence-corrected chi connectivity index (χ4v) is 5.90. The lowest BCUT2D eigenvalue weighted by atomic mass is 9.48. The average Bonchev–Trinajstić information content (AvgIpc) is 3.14. The van der Waals surface area contributed by atoms with Gasteiger partial charge >= 0.3 is 0 Å². The third-order valence-electron chi connectivity index (χ3n) is 6.10. The van der Waals surface area contributed by atoms with Gasteiger partial charge in [-0.1, -0.05) is 13.8 Å². The second kappa shape index (κ2) is 5.57. The zero-order valence-electron chi connectivity index (χ0n) is 14.1. The highest BCUT2D eigenvalue weighted by molar-refractivity contribution is 7.08. The van der Waals surface area contributed by atoms with Crippen molar-refractivity contribution in [1.29, 1.82) is 0 Å². The molecule has 0 bridgehead atoms. The Morgan fingerprint density at radius 2 is 2.17 bits per heavy atom. The van der Waals surface area contributed by atoms with Crippen molar-refractivity contribution in [3.05, 3.63) is 22.4 Å². The van der Waals surface area contributed by atoms with Gasteiger partial charge in [0.25, 0.3) is 5.91 Å². The smallest absolute Gasteiger partial charge is 0.254 e. The van der Waals surface area contributed by atoms with Gasteiger partial charge in [0.2, 0.25) is 0 Å². The Labute approximate surface area is 142 Å². The molecule has 0 unspecified atom stereocenters. The van der Waals surface area contributed by atoms with Crippen LogP contribution >= 0.6 is 11.3 Å². The predicted octanol–water partition coefficient (Wildman–Crippen LogP) is 2.57. The molecule has 2 aliphatic heterocycles. The van der Waals surface area contributed by atoms with Crippen LogP contribution in [0.25, 0.3) is 0 Å². The Balaban J connectivity index is 1.51. The molecule has 3 fully saturated rings. The molecule has 5 heteroatoms. The Hall–Kier alpha value is -0.910. The summed E-state index contributed by atoms with van der Waals surface area (Å²) >= 11 is 1.60. The third-order valence-corrected chi connectivity index (χ3v) is 6.78. The minimum atomic E-state index is 0.220. The van der Waals surface area contributed by atoms with Gasteiger partial charge < -0.3 is 9.64 Å². The molecule has 4 rings (SSSR count). The molecule has 0 radical (unpaired) electrons. The topological polar surface area (TPSA) is 32.8 Å². The molecule has 126 valence electrons. The molecule has 1 aliphatic carbocycles. The monoisotopic (exact) mass is 334 g/mol. The van der Waals surface area contributed by atoms with Crippen LogP contribution in [0.4, 0.5) is 0 Å². The minimum Gasteiger partial charge on any atom is -0.379 e. The summed E-state index contributed by atoms with van der Waals surface area (Å²) in [5.74, 6) is 0.846. The summed E-state index contributed by atoms with van der Waals surface area (Å²) in [6.45, 7) is 11.5. The second-order valence-corrected chi connectivity index (χ2v) is 8.95. The Bertz CT molecular complexity index is 580. The van der Waals surface area contributed by atoms with Gasteiger partial charge in [-0.05, 0) is 29.2 Å². The maximum absolute atomic E-state index is 12.8. The lowest BCUT2D eigenvalue weighted by Gasteiger charge is -2.58. The van der Waals surface area contributed by atoms with E-state index in [0.29, 0.717) is 16.7 Å². The first-order valence-corrected chi connectivity index (χ1v) is 9.56. The van der Waals surface area contributed by atoms with Crippen LogP contribution in [0.3, 0.4) is 0 Å². The van der Waals surface area contributed by atoms with Crippen LogP contribution in [0.2, 0.25) is 0 Å². The van der Waals surface area contributed by atoms with Crippen molar-refractivity contribution in [2.45, 2.75) is 20.3 Å². The summed E-state index contributed by atoms with van der Waals surface area (Å²) in [4.78, 5) is 17.4. The Kier molecular flexibility index (Phi) is 3.78. The molecule has 0 aromatic carbocycles. The largest absolute Gasteiger partial charge is 0.379 e. The summed E-state index contributed by atoms with van der Waals surface area (Å²) < 4.78 is 5.49. The first kappa shape index (κ1) is 15.6. The van der Waals surface area contributed by atoms with Gasteiger partial charge in [-0.2, -0.15) is 11.3 Å². The standard InChI is InChI=1S/C18H26N2O2S/c1-17(2)11-18(12-19-4-6-22-7-5-19)13-20(9-15(17)18)16(21)14-3-8-23-10-14/h3,8,10,15H,4-7,9,11-13H2,1-2H3/t15-,18+/m1/s1. The van der Waals surface area contributed by atoms with E-state index in [1.807, 2.05) is 16.8 Å². The molecule has 4 nitrogen and oxygen atoms in total. The highest BCUT2D eigenvalue weighted by Gasteiger charge is 2.63. The lowest BCUT2D eigenvalue weighted by Crippen LogP contribution is -2.59. The molecule has 3 aliphatic rings. The van der Waals surface area contributed by atoms with Crippen molar-refractivity contribution in [3.8, 4) is 0 Å². The summed E-state index contributed by atoms with van der Waals surface area (Å²) in [5, 5.41) is 3.97. The van der Waals surface area contributed by atoms with E-state index in [-0.39, 0.29) is 5.91 Å². The Morgan fingerprint density at radius 3 is 2.83 bits per heavy atom. The number of amides is 1. The molecule has 1 aromatic rings. The molecule has 0 spiro atoms. The quantitative estimate of drug-likeness (QED) is 0.852. The van der Waals surface area contributed by atoms with Gasteiger partial charge in [0.15, 0.2) is 0 Å². The number of carbonyl (C=O) groups excluding carboxylic acids is 1. The zero-order valence-corrected chi connectivity index (χ0v) is 14.9. The zero-order chi connectivity index (χ0) is 16.1. The first-order chi connectivity index (χ1) is 11.0. The molecular formula is C18H26N2O2S. The third kappa shape index (κ3) is 2.63. The first-order valence-electron chi connectivity index (χ1n) is 8.62. The predicted molar refractivity (Wildman–Crippen MR) is 91.8 cm³/mol. The van der Waals surface area contributed by atoms with Crippen LogP contribution in [0.15, 0.2) is 16.8 Å². The van der Waals surface area contributed by atoms with Crippen molar-refractivity contribution in [2.75, 3.05) is 45.9 Å². The average molecular weight is 334 g/mol. The maximum atomic E-state index is 12.8. The van der Waals surface area contributed by atoms with Gasteiger partial charge in [-0.15, -0.1) is 0 Å². The molecule has 1 aromatic heterocycles. The van der Waals surface area contributed by atoms with E-state index in [2.05, 4.69) is 23.6 Å². The highest BCUT2D eigenvalue weighted by Crippen LogP contribution is 2.63. The number of likely N-dealkylation sites (tertiary alicyclic amines) is 1. The fraction of sp³-hybridized carbons (Fsp3) is 0.722. The van der Waals surface area contributed by atoms with Gasteiger partial charge in [-0.25, -0.2) is 0 Å². The lowest BCUT2D eigenvalue weighted by molar-refractivity contribution is -0.0966. The summed E-state index contributed by atoms with van der Waals surface area (Å²) in [6, 6.07) is 1.95. The van der Waals surface area contributed by atoms with Crippen LogP contribution in [0, 0.1) is 16.7 Å². The van der Waals surface area contributed by atoms with Crippen LogP contribution in [-0.2, 0) is 4.74 Å². The van der Waals surface area contributed by atoms with E-state index in [0.717, 1.165) is 51.5 Å². The number of morpholine rings is 1. The number of ether oxygens (including phenoxy) is 1. The number of thiophene rings is 1. The van der Waals surface area contributed by atoms with E-state index in [1.54, 1.807) is 11.3 Å². The second-order valence-electron chi connectivity index (χ2n) is 8.17. The molecule has 23 heavy (non-hydrogen) atoms. The molecule has 3 heterocycles. The van der Waals surface area contributed by atoms with Gasteiger partial charge in [0.05, 0.1) is 18.8 Å². The number of hydrogen-bond acceptors (Lipinski definition) is 4. The van der Waals surface area contributed by atoms with Crippen molar-refractivity contribution < 1.29 is 9.53 Å². The molecule has 0 N–H and O–H groups in total. The van der Waals surface area contributed by atoms with Crippen LogP contribution in [-0.4, -0.2) is 61.6 Å². The van der Waals surface area contributed by atoms with Gasteiger partial charge in [0, 0.05) is 43.5 Å².